The number of hydrogen-bond donors (Lipinski definition) is 0. The SMILES string of the molecule is O=Cc1ccc(OCc2cc(Cl)ccc2F)c(F)c1. The quantitative estimate of drug-likeness (QED) is 0.792. The average Bonchev–Trinajstić information content (AvgIpc) is 2.40. The first kappa shape index (κ1) is 13.5. The molecule has 19 heavy (non-hydrogen) atoms. The molecule has 0 atom stereocenters. The van der Waals surface area contributed by atoms with Gasteiger partial charge in [-0.15, -0.1) is 0 Å². The molecule has 0 aliphatic heterocycles. The van der Waals surface area contributed by atoms with Crippen LogP contribution in [0.25, 0.3) is 0 Å². The van der Waals surface area contributed by atoms with Crippen LogP contribution in [0.1, 0.15) is 15.9 Å². The fraction of sp³-hybridized carbons (Fsp3) is 0.0714. The lowest BCUT2D eigenvalue weighted by Gasteiger charge is -2.08. The number of aldehydes is 1. The lowest BCUT2D eigenvalue weighted by molar-refractivity contribution is 0.112. The summed E-state index contributed by atoms with van der Waals surface area (Å²) in [4.78, 5) is 10.5. The van der Waals surface area contributed by atoms with E-state index < -0.39 is 11.6 Å². The van der Waals surface area contributed by atoms with Crippen LogP contribution in [0.5, 0.6) is 5.75 Å². The van der Waals surface area contributed by atoms with Gasteiger partial charge in [-0.05, 0) is 36.4 Å². The second-order valence-electron chi connectivity index (χ2n) is 3.83. The van der Waals surface area contributed by atoms with E-state index in [2.05, 4.69) is 0 Å². The summed E-state index contributed by atoms with van der Waals surface area (Å²) in [5, 5.41) is 0.372. The van der Waals surface area contributed by atoms with Crippen LogP contribution in [-0.2, 0) is 6.61 Å². The Morgan fingerprint density at radius 2 is 1.89 bits per heavy atom. The minimum atomic E-state index is -0.674. The van der Waals surface area contributed by atoms with Crippen molar-refractivity contribution in [3.8, 4) is 5.75 Å². The van der Waals surface area contributed by atoms with Crippen molar-refractivity contribution in [2.45, 2.75) is 6.61 Å². The molecule has 0 aromatic heterocycles. The molecule has 0 radical (unpaired) electrons. The first-order valence-corrected chi connectivity index (χ1v) is 5.79. The van der Waals surface area contributed by atoms with Gasteiger partial charge in [-0.3, -0.25) is 4.79 Å². The van der Waals surface area contributed by atoms with Crippen LogP contribution in [0.3, 0.4) is 0 Å². The van der Waals surface area contributed by atoms with Crippen LogP contribution in [0.15, 0.2) is 36.4 Å². The molecule has 0 N–H and O–H groups in total. The molecule has 0 bridgehead atoms. The molecule has 2 rings (SSSR count). The van der Waals surface area contributed by atoms with E-state index >= 15 is 0 Å². The molecule has 2 nitrogen and oxygen atoms in total. The number of carbonyl (C=O) groups excluding carboxylic acids is 1. The Hall–Kier alpha value is -1.94. The summed E-state index contributed by atoms with van der Waals surface area (Å²) in [5.74, 6) is -1.20. The van der Waals surface area contributed by atoms with Crippen LogP contribution in [0.2, 0.25) is 5.02 Å². The maximum atomic E-state index is 13.5. The van der Waals surface area contributed by atoms with Gasteiger partial charge in [-0.25, -0.2) is 8.78 Å². The maximum Gasteiger partial charge on any atom is 0.165 e. The first-order valence-electron chi connectivity index (χ1n) is 5.41. The molecule has 0 aliphatic carbocycles. The lowest BCUT2D eigenvalue weighted by atomic mass is 10.2. The molecule has 0 spiro atoms. The van der Waals surface area contributed by atoms with E-state index in [9.17, 15) is 13.6 Å². The number of rotatable bonds is 4. The van der Waals surface area contributed by atoms with Crippen LogP contribution < -0.4 is 4.74 Å². The van der Waals surface area contributed by atoms with Crippen molar-refractivity contribution in [3.05, 3.63) is 64.2 Å². The van der Waals surface area contributed by atoms with Crippen molar-refractivity contribution in [3.63, 3.8) is 0 Å². The summed E-state index contributed by atoms with van der Waals surface area (Å²) < 4.78 is 32.1. The highest BCUT2D eigenvalue weighted by atomic mass is 35.5. The van der Waals surface area contributed by atoms with Gasteiger partial charge in [0.15, 0.2) is 11.6 Å². The van der Waals surface area contributed by atoms with E-state index in [1.807, 2.05) is 0 Å². The van der Waals surface area contributed by atoms with E-state index in [4.69, 9.17) is 16.3 Å². The third-order valence-corrected chi connectivity index (χ3v) is 2.72. The zero-order chi connectivity index (χ0) is 13.8. The predicted octanol–water partition coefficient (Wildman–Crippen LogP) is 4.01. The topological polar surface area (TPSA) is 26.3 Å². The van der Waals surface area contributed by atoms with E-state index in [0.29, 0.717) is 11.3 Å². The Balaban J connectivity index is 2.14. The third kappa shape index (κ3) is 3.29. The Morgan fingerprint density at radius 3 is 2.58 bits per heavy atom. The minimum absolute atomic E-state index is 0.0509. The van der Waals surface area contributed by atoms with Gasteiger partial charge in [0.1, 0.15) is 18.7 Å². The largest absolute Gasteiger partial charge is 0.486 e. The molecule has 0 aliphatic rings. The van der Waals surface area contributed by atoms with Crippen LogP contribution in [-0.4, -0.2) is 6.29 Å². The Labute approximate surface area is 113 Å². The van der Waals surface area contributed by atoms with E-state index in [0.717, 1.165) is 6.07 Å². The fourth-order valence-electron chi connectivity index (χ4n) is 1.52. The molecular formula is C14H9ClF2O2. The van der Waals surface area contributed by atoms with Gasteiger partial charge in [0, 0.05) is 16.1 Å². The fourth-order valence-corrected chi connectivity index (χ4v) is 1.71. The lowest BCUT2D eigenvalue weighted by Crippen LogP contribution is -2.00. The molecule has 0 heterocycles. The highest BCUT2D eigenvalue weighted by Gasteiger charge is 2.08. The number of hydrogen-bond acceptors (Lipinski definition) is 2. The van der Waals surface area contributed by atoms with Gasteiger partial charge in [0.05, 0.1) is 0 Å². The summed E-state index contributed by atoms with van der Waals surface area (Å²) >= 11 is 5.73. The number of benzene rings is 2. The number of halogens is 3. The zero-order valence-electron chi connectivity index (χ0n) is 9.70. The molecule has 0 saturated heterocycles. The monoisotopic (exact) mass is 282 g/mol. The van der Waals surface area contributed by atoms with E-state index in [1.54, 1.807) is 0 Å². The van der Waals surface area contributed by atoms with Crippen molar-refractivity contribution < 1.29 is 18.3 Å². The smallest absolute Gasteiger partial charge is 0.165 e. The number of ether oxygens (including phenoxy) is 1. The van der Waals surface area contributed by atoms with Gasteiger partial charge in [0.2, 0.25) is 0 Å². The summed E-state index contributed by atoms with van der Waals surface area (Å²) in [6, 6.07) is 7.83. The summed E-state index contributed by atoms with van der Waals surface area (Å²) in [6.07, 6.45) is 0.531. The predicted molar refractivity (Wildman–Crippen MR) is 67.5 cm³/mol. The number of carbonyl (C=O) groups is 1. The molecule has 2 aromatic carbocycles. The molecule has 0 amide bonds. The van der Waals surface area contributed by atoms with Gasteiger partial charge in [-0.1, -0.05) is 11.6 Å². The van der Waals surface area contributed by atoms with E-state index in [1.165, 1.54) is 30.3 Å². The highest BCUT2D eigenvalue weighted by Crippen LogP contribution is 2.21. The molecule has 98 valence electrons. The summed E-state index contributed by atoms with van der Waals surface area (Å²) in [6.45, 7) is -0.149. The van der Waals surface area contributed by atoms with Gasteiger partial charge < -0.3 is 4.74 Å². The van der Waals surface area contributed by atoms with Gasteiger partial charge in [0.25, 0.3) is 0 Å². The molecule has 2 aromatic rings. The summed E-state index contributed by atoms with van der Waals surface area (Å²) in [7, 11) is 0. The molecular weight excluding hydrogens is 274 g/mol. The van der Waals surface area contributed by atoms with Crippen molar-refractivity contribution in [1.82, 2.24) is 0 Å². The second-order valence-corrected chi connectivity index (χ2v) is 4.27. The van der Waals surface area contributed by atoms with Gasteiger partial charge >= 0.3 is 0 Å². The van der Waals surface area contributed by atoms with Crippen molar-refractivity contribution in [2.75, 3.05) is 0 Å². The third-order valence-electron chi connectivity index (χ3n) is 2.48. The van der Waals surface area contributed by atoms with Crippen LogP contribution in [0, 0.1) is 11.6 Å². The van der Waals surface area contributed by atoms with Crippen molar-refractivity contribution in [2.24, 2.45) is 0 Å². The Bertz CT molecular complexity index is 614. The zero-order valence-corrected chi connectivity index (χ0v) is 10.5. The second kappa shape index (κ2) is 5.80. The average molecular weight is 283 g/mol. The van der Waals surface area contributed by atoms with Crippen molar-refractivity contribution in [1.29, 1.82) is 0 Å². The molecule has 5 heteroatoms. The van der Waals surface area contributed by atoms with Crippen LogP contribution in [0.4, 0.5) is 8.78 Å². The normalized spacial score (nSPS) is 10.3. The first-order chi connectivity index (χ1) is 9.10. The Kier molecular flexibility index (Phi) is 4.12. The molecule has 0 saturated carbocycles. The van der Waals surface area contributed by atoms with Crippen molar-refractivity contribution >= 4 is 17.9 Å². The molecule has 0 unspecified atom stereocenters. The molecule has 0 fully saturated rings. The van der Waals surface area contributed by atoms with E-state index in [-0.39, 0.29) is 23.5 Å². The minimum Gasteiger partial charge on any atom is -0.486 e. The Morgan fingerprint density at radius 1 is 1.11 bits per heavy atom. The summed E-state index contributed by atoms with van der Waals surface area (Å²) in [5.41, 5.74) is 0.435. The highest BCUT2D eigenvalue weighted by molar-refractivity contribution is 6.30. The van der Waals surface area contributed by atoms with Gasteiger partial charge in [-0.2, -0.15) is 0 Å². The van der Waals surface area contributed by atoms with Crippen LogP contribution >= 0.6 is 11.6 Å². The maximum absolute atomic E-state index is 13.5. The standard InChI is InChI=1S/C14H9ClF2O2/c15-11-2-3-12(16)10(6-11)8-19-14-4-1-9(7-18)5-13(14)17/h1-7H,8H2.